The molecule has 0 bridgehead atoms. The first-order chi connectivity index (χ1) is 8.16. The monoisotopic (exact) mass is 237 g/mol. The third-order valence-corrected chi connectivity index (χ3v) is 3.75. The number of rotatable bonds is 3. The van der Waals surface area contributed by atoms with Gasteiger partial charge in [0, 0.05) is 19.5 Å². The summed E-state index contributed by atoms with van der Waals surface area (Å²) in [5.74, 6) is -0.397. The first kappa shape index (κ1) is 12.1. The molecule has 4 heteroatoms. The smallest absolute Gasteiger partial charge is 0.306 e. The van der Waals surface area contributed by atoms with Crippen LogP contribution >= 0.6 is 0 Å². The van der Waals surface area contributed by atoms with Crippen LogP contribution in [0.5, 0.6) is 0 Å². The van der Waals surface area contributed by atoms with Gasteiger partial charge in [-0.25, -0.2) is 0 Å². The van der Waals surface area contributed by atoms with E-state index in [1.54, 1.807) is 0 Å². The Bertz CT molecular complexity index is 330. The number of carboxylic acid groups (broad SMARTS) is 1. The highest BCUT2D eigenvalue weighted by Gasteiger charge is 2.27. The lowest BCUT2D eigenvalue weighted by Gasteiger charge is -2.30. The van der Waals surface area contributed by atoms with E-state index in [4.69, 9.17) is 5.11 Å². The van der Waals surface area contributed by atoms with Gasteiger partial charge in [0.1, 0.15) is 0 Å². The predicted molar refractivity (Wildman–Crippen MR) is 63.4 cm³/mol. The summed E-state index contributed by atoms with van der Waals surface area (Å²) in [6.45, 7) is 1.21. The van der Waals surface area contributed by atoms with E-state index in [0.29, 0.717) is 38.3 Å². The van der Waals surface area contributed by atoms with Crippen LogP contribution in [0.25, 0.3) is 0 Å². The number of carboxylic acids is 1. The van der Waals surface area contributed by atoms with Gasteiger partial charge in [0.05, 0.1) is 5.92 Å². The van der Waals surface area contributed by atoms with Gasteiger partial charge in [-0.2, -0.15) is 0 Å². The average molecular weight is 237 g/mol. The molecule has 0 aromatic carbocycles. The molecule has 1 aliphatic heterocycles. The second-order valence-electron chi connectivity index (χ2n) is 4.96. The van der Waals surface area contributed by atoms with Gasteiger partial charge in [0.15, 0.2) is 0 Å². The van der Waals surface area contributed by atoms with Gasteiger partial charge in [-0.15, -0.1) is 0 Å². The molecule has 1 N–H and O–H groups in total. The zero-order valence-corrected chi connectivity index (χ0v) is 9.97. The molecule has 2 aliphatic rings. The number of piperidine rings is 1. The maximum absolute atomic E-state index is 12.0. The first-order valence-corrected chi connectivity index (χ1v) is 6.34. The third kappa shape index (κ3) is 3.08. The molecular formula is C13H19NO3. The summed E-state index contributed by atoms with van der Waals surface area (Å²) < 4.78 is 0. The van der Waals surface area contributed by atoms with Crippen LogP contribution in [-0.4, -0.2) is 35.0 Å². The van der Waals surface area contributed by atoms with Crippen LogP contribution < -0.4 is 0 Å². The fourth-order valence-corrected chi connectivity index (χ4v) is 2.59. The van der Waals surface area contributed by atoms with Crippen molar-refractivity contribution in [1.82, 2.24) is 4.90 Å². The number of allylic oxidation sites excluding steroid dienone is 2. The number of likely N-dealkylation sites (tertiary alicyclic amines) is 1. The molecule has 1 saturated heterocycles. The second kappa shape index (κ2) is 5.34. The molecule has 1 fully saturated rings. The van der Waals surface area contributed by atoms with E-state index in [9.17, 15) is 9.59 Å². The van der Waals surface area contributed by atoms with E-state index in [-0.39, 0.29) is 11.8 Å². The molecule has 2 rings (SSSR count). The van der Waals surface area contributed by atoms with Crippen molar-refractivity contribution in [2.24, 2.45) is 11.8 Å². The quantitative estimate of drug-likeness (QED) is 0.759. The van der Waals surface area contributed by atoms with E-state index < -0.39 is 5.97 Å². The highest BCUT2D eigenvalue weighted by molar-refractivity contribution is 5.77. The normalized spacial score (nSPS) is 25.2. The number of hydrogen-bond donors (Lipinski definition) is 1. The highest BCUT2D eigenvalue weighted by atomic mass is 16.4. The second-order valence-corrected chi connectivity index (χ2v) is 4.96. The molecule has 0 aromatic heterocycles. The fourth-order valence-electron chi connectivity index (χ4n) is 2.59. The minimum absolute atomic E-state index is 0.186. The van der Waals surface area contributed by atoms with Crippen LogP contribution in [0.2, 0.25) is 0 Å². The number of amides is 1. The van der Waals surface area contributed by atoms with E-state index in [1.165, 1.54) is 0 Å². The molecule has 1 aliphatic carbocycles. The van der Waals surface area contributed by atoms with Crippen molar-refractivity contribution < 1.29 is 14.7 Å². The van der Waals surface area contributed by atoms with E-state index in [1.807, 2.05) is 4.90 Å². The van der Waals surface area contributed by atoms with Gasteiger partial charge < -0.3 is 10.0 Å². The van der Waals surface area contributed by atoms with Crippen molar-refractivity contribution in [2.45, 2.75) is 32.1 Å². The molecule has 0 spiro atoms. The summed E-state index contributed by atoms with van der Waals surface area (Å²) in [5.41, 5.74) is 0. The van der Waals surface area contributed by atoms with Gasteiger partial charge in [-0.05, 0) is 31.6 Å². The lowest BCUT2D eigenvalue weighted by Crippen LogP contribution is -2.40. The summed E-state index contributed by atoms with van der Waals surface area (Å²) in [7, 11) is 0. The summed E-state index contributed by atoms with van der Waals surface area (Å²) >= 11 is 0. The Balaban J connectivity index is 1.77. The Hall–Kier alpha value is -1.32. The Morgan fingerprint density at radius 2 is 1.94 bits per heavy atom. The molecule has 0 aromatic rings. The largest absolute Gasteiger partial charge is 0.481 e. The number of carbonyl (C=O) groups excluding carboxylic acids is 1. The third-order valence-electron chi connectivity index (χ3n) is 3.75. The molecule has 0 unspecified atom stereocenters. The number of hydrogen-bond acceptors (Lipinski definition) is 2. The highest BCUT2D eigenvalue weighted by Crippen LogP contribution is 2.23. The average Bonchev–Trinajstić information content (AvgIpc) is 2.82. The zero-order valence-electron chi connectivity index (χ0n) is 9.97. The topological polar surface area (TPSA) is 57.6 Å². The van der Waals surface area contributed by atoms with Crippen LogP contribution in [-0.2, 0) is 9.59 Å². The Kier molecular flexibility index (Phi) is 3.82. The van der Waals surface area contributed by atoms with Crippen molar-refractivity contribution in [3.63, 3.8) is 0 Å². The van der Waals surface area contributed by atoms with Crippen molar-refractivity contribution in [3.05, 3.63) is 12.2 Å². The molecule has 94 valence electrons. The molecular weight excluding hydrogens is 218 g/mol. The summed E-state index contributed by atoms with van der Waals surface area (Å²) in [4.78, 5) is 24.6. The molecule has 17 heavy (non-hydrogen) atoms. The van der Waals surface area contributed by atoms with Crippen molar-refractivity contribution in [1.29, 1.82) is 0 Å². The lowest BCUT2D eigenvalue weighted by atomic mass is 9.96. The zero-order chi connectivity index (χ0) is 12.3. The Morgan fingerprint density at radius 3 is 2.47 bits per heavy atom. The maximum Gasteiger partial charge on any atom is 0.306 e. The van der Waals surface area contributed by atoms with Crippen molar-refractivity contribution in [3.8, 4) is 0 Å². The molecule has 0 saturated carbocycles. The minimum atomic E-state index is -0.726. The van der Waals surface area contributed by atoms with E-state index >= 15 is 0 Å². The predicted octanol–water partition coefficient (Wildman–Crippen LogP) is 1.67. The van der Waals surface area contributed by atoms with Gasteiger partial charge in [0.25, 0.3) is 0 Å². The Labute approximate surface area is 101 Å². The van der Waals surface area contributed by atoms with Crippen LogP contribution in [0, 0.1) is 11.8 Å². The SMILES string of the molecule is O=C(O)C1CCN(C(=O)C[C@@H]2C=CCC2)CC1. The van der Waals surface area contributed by atoms with E-state index in [0.717, 1.165) is 12.8 Å². The number of nitrogens with zero attached hydrogens (tertiary/aromatic N) is 1. The maximum atomic E-state index is 12.0. The minimum Gasteiger partial charge on any atom is -0.481 e. The Morgan fingerprint density at radius 1 is 1.24 bits per heavy atom. The van der Waals surface area contributed by atoms with Gasteiger partial charge in [0.2, 0.25) is 5.91 Å². The van der Waals surface area contributed by atoms with Crippen molar-refractivity contribution in [2.75, 3.05) is 13.1 Å². The van der Waals surface area contributed by atoms with Gasteiger partial charge >= 0.3 is 5.97 Å². The summed E-state index contributed by atoms with van der Waals surface area (Å²) in [6.07, 6.45) is 8.21. The van der Waals surface area contributed by atoms with Crippen LogP contribution in [0.3, 0.4) is 0 Å². The molecule has 0 radical (unpaired) electrons. The fraction of sp³-hybridized carbons (Fsp3) is 0.692. The molecule has 1 amide bonds. The number of aliphatic carboxylic acids is 1. The first-order valence-electron chi connectivity index (χ1n) is 6.34. The van der Waals surface area contributed by atoms with Crippen molar-refractivity contribution >= 4 is 11.9 Å². The van der Waals surface area contributed by atoms with Crippen LogP contribution in [0.15, 0.2) is 12.2 Å². The van der Waals surface area contributed by atoms with E-state index in [2.05, 4.69) is 12.2 Å². The standard InChI is InChI=1S/C13H19NO3/c15-12(9-10-3-1-2-4-10)14-7-5-11(6-8-14)13(16)17/h1,3,10-11H,2,4-9H2,(H,16,17)/t10-/m1/s1. The molecule has 4 nitrogen and oxygen atoms in total. The van der Waals surface area contributed by atoms with Crippen LogP contribution in [0.1, 0.15) is 32.1 Å². The molecule has 1 atom stereocenters. The molecule has 1 heterocycles. The van der Waals surface area contributed by atoms with Gasteiger partial charge in [-0.3, -0.25) is 9.59 Å². The van der Waals surface area contributed by atoms with Gasteiger partial charge in [-0.1, -0.05) is 12.2 Å². The lowest BCUT2D eigenvalue weighted by molar-refractivity contribution is -0.145. The van der Waals surface area contributed by atoms with Crippen LogP contribution in [0.4, 0.5) is 0 Å². The summed E-state index contributed by atoms with van der Waals surface area (Å²) in [6, 6.07) is 0. The summed E-state index contributed by atoms with van der Waals surface area (Å²) in [5, 5.41) is 8.88. The number of carbonyl (C=O) groups is 2.